The van der Waals surface area contributed by atoms with Crippen LogP contribution in [0.15, 0.2) is 66.9 Å². The summed E-state index contributed by atoms with van der Waals surface area (Å²) in [7, 11) is 0. The highest BCUT2D eigenvalue weighted by atomic mass is 16.2. The number of fused-ring (bicyclic) bond motifs is 1. The van der Waals surface area contributed by atoms with Crippen LogP contribution in [0.2, 0.25) is 0 Å². The van der Waals surface area contributed by atoms with E-state index in [0.29, 0.717) is 24.7 Å². The maximum absolute atomic E-state index is 12.1. The van der Waals surface area contributed by atoms with Gasteiger partial charge >= 0.3 is 0 Å². The largest absolute Gasteiger partial charge is 0.383 e. The lowest BCUT2D eigenvalue weighted by Gasteiger charge is -2.27. The molecular weight excluding hydrogens is 400 g/mol. The summed E-state index contributed by atoms with van der Waals surface area (Å²) in [6, 6.07) is 20.0. The Kier molecular flexibility index (Phi) is 5.17. The highest BCUT2D eigenvalue weighted by Gasteiger charge is 2.19. The van der Waals surface area contributed by atoms with Crippen molar-refractivity contribution in [1.29, 1.82) is 0 Å². The van der Waals surface area contributed by atoms with E-state index in [9.17, 15) is 4.79 Å². The molecule has 0 bridgehead atoms. The van der Waals surface area contributed by atoms with Gasteiger partial charge in [-0.2, -0.15) is 0 Å². The predicted molar refractivity (Wildman–Crippen MR) is 129 cm³/mol. The minimum atomic E-state index is 0.0869. The molecule has 1 fully saturated rings. The number of aryl methyl sites for hydroxylation is 1. The zero-order chi connectivity index (χ0) is 22.1. The van der Waals surface area contributed by atoms with Crippen LogP contribution in [0, 0.1) is 6.92 Å². The Balaban J connectivity index is 1.42. The number of aromatic nitrogens is 2. The third-order valence-corrected chi connectivity index (χ3v) is 5.71. The maximum Gasteiger partial charge on any atom is 0.240 e. The fraction of sp³-hybridized carbons (Fsp3) is 0.160. The van der Waals surface area contributed by atoms with Gasteiger partial charge in [0.25, 0.3) is 0 Å². The number of piperazine rings is 1. The minimum Gasteiger partial charge on any atom is -0.383 e. The van der Waals surface area contributed by atoms with Crippen molar-refractivity contribution < 1.29 is 4.79 Å². The third kappa shape index (κ3) is 3.86. The van der Waals surface area contributed by atoms with Crippen LogP contribution in [0.3, 0.4) is 0 Å². The highest BCUT2D eigenvalue weighted by Crippen LogP contribution is 2.30. The van der Waals surface area contributed by atoms with Crippen LogP contribution in [-0.2, 0) is 4.79 Å². The summed E-state index contributed by atoms with van der Waals surface area (Å²) in [5.41, 5.74) is 11.1. The molecule has 4 N–H and O–H groups in total. The summed E-state index contributed by atoms with van der Waals surface area (Å²) in [5, 5.41) is 8.22. The van der Waals surface area contributed by atoms with E-state index in [2.05, 4.69) is 33.6 Å². The summed E-state index contributed by atoms with van der Waals surface area (Å²) in [6.07, 6.45) is 1.75. The summed E-state index contributed by atoms with van der Waals surface area (Å²) in [6.45, 7) is 3.92. The van der Waals surface area contributed by atoms with Crippen molar-refractivity contribution in [3.8, 4) is 11.3 Å². The van der Waals surface area contributed by atoms with E-state index in [1.54, 1.807) is 11.1 Å². The number of carbonyl (C=O) groups excluding carboxylic acids is 1. The fourth-order valence-corrected chi connectivity index (χ4v) is 3.99. The van der Waals surface area contributed by atoms with E-state index in [4.69, 9.17) is 5.73 Å². The second-order valence-electron chi connectivity index (χ2n) is 7.89. The molecule has 7 heteroatoms. The van der Waals surface area contributed by atoms with Crippen LogP contribution < -0.4 is 21.3 Å². The van der Waals surface area contributed by atoms with E-state index in [-0.39, 0.29) is 5.91 Å². The summed E-state index contributed by atoms with van der Waals surface area (Å²) >= 11 is 0. The van der Waals surface area contributed by atoms with Gasteiger partial charge in [-0.05, 0) is 54.3 Å². The van der Waals surface area contributed by atoms with Crippen molar-refractivity contribution in [1.82, 2.24) is 15.3 Å². The lowest BCUT2D eigenvalue weighted by molar-refractivity contribution is -0.118. The lowest BCUT2D eigenvalue weighted by atomic mass is 10.0. The van der Waals surface area contributed by atoms with E-state index in [1.165, 1.54) is 0 Å². The molecule has 2 aromatic heterocycles. The van der Waals surface area contributed by atoms with Crippen molar-refractivity contribution in [3.63, 3.8) is 0 Å². The molecule has 1 aliphatic heterocycles. The van der Waals surface area contributed by atoms with Gasteiger partial charge in [-0.3, -0.25) is 4.79 Å². The molecule has 0 radical (unpaired) electrons. The molecule has 1 amide bonds. The van der Waals surface area contributed by atoms with Crippen molar-refractivity contribution in [2.45, 2.75) is 6.92 Å². The predicted octanol–water partition coefficient (Wildman–Crippen LogP) is 3.87. The van der Waals surface area contributed by atoms with Crippen LogP contribution >= 0.6 is 0 Å². The second-order valence-corrected chi connectivity index (χ2v) is 7.89. The van der Waals surface area contributed by atoms with Crippen LogP contribution in [0.5, 0.6) is 0 Å². The fourth-order valence-electron chi connectivity index (χ4n) is 3.99. The van der Waals surface area contributed by atoms with Gasteiger partial charge in [0.15, 0.2) is 0 Å². The Morgan fingerprint density at radius 2 is 1.91 bits per heavy atom. The number of hydrogen-bond acceptors (Lipinski definition) is 6. The van der Waals surface area contributed by atoms with Crippen molar-refractivity contribution in [3.05, 3.63) is 72.4 Å². The van der Waals surface area contributed by atoms with Crippen LogP contribution in [-0.4, -0.2) is 35.5 Å². The Bertz CT molecular complexity index is 1300. The first-order chi connectivity index (χ1) is 15.6. The van der Waals surface area contributed by atoms with Gasteiger partial charge < -0.3 is 21.3 Å². The van der Waals surface area contributed by atoms with Gasteiger partial charge in [-0.15, -0.1) is 0 Å². The first kappa shape index (κ1) is 20.0. The molecule has 0 atom stereocenters. The quantitative estimate of drug-likeness (QED) is 0.460. The molecule has 0 aliphatic carbocycles. The Hall–Kier alpha value is -3.97. The molecule has 0 unspecified atom stereocenters. The standard InChI is InChI=1S/C25H24N6O/c1-16-4-2-3-5-20(16)22-12-17-13-23(28-14-21(17)25(26)30-22)29-18-6-8-19(9-7-18)31-11-10-27-15-24(31)32/h2-9,12-14,27H,10-11,15H2,1H3,(H2,26,30)(H,28,29). The molecule has 1 saturated heterocycles. The number of nitrogens with one attached hydrogen (secondary N) is 2. The van der Waals surface area contributed by atoms with Gasteiger partial charge in [-0.1, -0.05) is 24.3 Å². The molecule has 3 heterocycles. The van der Waals surface area contributed by atoms with Gasteiger partial charge in [0.2, 0.25) is 5.91 Å². The van der Waals surface area contributed by atoms with Crippen molar-refractivity contribution in [2.24, 2.45) is 0 Å². The van der Waals surface area contributed by atoms with Crippen molar-refractivity contribution >= 4 is 39.7 Å². The van der Waals surface area contributed by atoms with Crippen LogP contribution in [0.1, 0.15) is 5.56 Å². The third-order valence-electron chi connectivity index (χ3n) is 5.71. The highest BCUT2D eigenvalue weighted by molar-refractivity contribution is 5.96. The maximum atomic E-state index is 12.1. The lowest BCUT2D eigenvalue weighted by Crippen LogP contribution is -2.48. The molecular formula is C25H24N6O. The van der Waals surface area contributed by atoms with E-state index in [0.717, 1.165) is 45.5 Å². The van der Waals surface area contributed by atoms with Gasteiger partial charge in [0.05, 0.1) is 12.2 Å². The number of rotatable bonds is 4. The molecule has 1 aliphatic rings. The zero-order valence-corrected chi connectivity index (χ0v) is 17.8. The van der Waals surface area contributed by atoms with Crippen LogP contribution in [0.4, 0.5) is 23.0 Å². The number of anilines is 4. The van der Waals surface area contributed by atoms with Gasteiger partial charge in [0.1, 0.15) is 11.6 Å². The number of pyridine rings is 2. The Morgan fingerprint density at radius 3 is 2.69 bits per heavy atom. The zero-order valence-electron chi connectivity index (χ0n) is 17.8. The monoisotopic (exact) mass is 424 g/mol. The molecule has 32 heavy (non-hydrogen) atoms. The number of amides is 1. The number of nitrogen functional groups attached to an aromatic ring is 1. The second kappa shape index (κ2) is 8.28. The Morgan fingerprint density at radius 1 is 1.09 bits per heavy atom. The number of hydrogen-bond donors (Lipinski definition) is 3. The molecule has 7 nitrogen and oxygen atoms in total. The normalized spacial score (nSPS) is 14.0. The average molecular weight is 425 g/mol. The first-order valence-corrected chi connectivity index (χ1v) is 10.6. The number of nitrogens with zero attached hydrogens (tertiary/aromatic N) is 3. The number of nitrogens with two attached hydrogens (primary N) is 1. The molecule has 4 aromatic rings. The molecule has 160 valence electrons. The number of carbonyl (C=O) groups is 1. The van der Waals surface area contributed by atoms with Crippen LogP contribution in [0.25, 0.3) is 22.0 Å². The number of benzene rings is 2. The molecule has 2 aromatic carbocycles. The molecule has 0 saturated carbocycles. The van der Waals surface area contributed by atoms with Crippen molar-refractivity contribution in [2.75, 3.05) is 35.6 Å². The summed E-state index contributed by atoms with van der Waals surface area (Å²) < 4.78 is 0. The summed E-state index contributed by atoms with van der Waals surface area (Å²) in [5.74, 6) is 1.26. The SMILES string of the molecule is Cc1ccccc1-c1cc2cc(Nc3ccc(N4CCNCC4=O)cc3)ncc2c(N)n1. The molecule has 5 rings (SSSR count). The van der Waals surface area contributed by atoms with E-state index in [1.807, 2.05) is 54.6 Å². The average Bonchev–Trinajstić information content (AvgIpc) is 2.80. The van der Waals surface area contributed by atoms with E-state index >= 15 is 0 Å². The summed E-state index contributed by atoms with van der Waals surface area (Å²) in [4.78, 5) is 23.0. The van der Waals surface area contributed by atoms with E-state index < -0.39 is 0 Å². The Labute approximate surface area is 186 Å². The molecule has 0 spiro atoms. The van der Waals surface area contributed by atoms with Gasteiger partial charge in [0, 0.05) is 41.6 Å². The minimum absolute atomic E-state index is 0.0869. The topological polar surface area (TPSA) is 96.2 Å². The first-order valence-electron chi connectivity index (χ1n) is 10.6. The van der Waals surface area contributed by atoms with Gasteiger partial charge in [-0.25, -0.2) is 9.97 Å². The smallest absolute Gasteiger partial charge is 0.240 e.